The maximum Gasteiger partial charge on any atom is 0.339 e. The Balaban J connectivity index is 1.10. The molecule has 12 heteroatoms. The van der Waals surface area contributed by atoms with E-state index in [2.05, 4.69) is 33.2 Å². The topological polar surface area (TPSA) is 149 Å². The van der Waals surface area contributed by atoms with E-state index in [1.807, 2.05) is 18.2 Å². The van der Waals surface area contributed by atoms with Crippen molar-refractivity contribution in [2.75, 3.05) is 6.61 Å². The third-order valence-electron chi connectivity index (χ3n) is 9.37. The lowest BCUT2D eigenvalue weighted by Gasteiger charge is -2.31. The number of amides is 2. The van der Waals surface area contributed by atoms with Gasteiger partial charge in [-0.05, 0) is 111 Å². The van der Waals surface area contributed by atoms with Gasteiger partial charge in [-0.3, -0.25) is 14.4 Å². The first-order valence-corrected chi connectivity index (χ1v) is 18.5. The molecular formula is C38H45IN2O9. The maximum atomic E-state index is 13.6. The first-order valence-electron chi connectivity index (χ1n) is 17.4. The molecule has 1 aliphatic heterocycles. The van der Waals surface area contributed by atoms with Crippen LogP contribution < -0.4 is 10.6 Å². The molecule has 0 radical (unpaired) electrons. The molecule has 11 nitrogen and oxygen atoms in total. The molecule has 4 atom stereocenters. The van der Waals surface area contributed by atoms with Crippen LogP contribution in [-0.4, -0.2) is 71.2 Å². The Bertz CT molecular complexity index is 1630. The molecule has 0 bridgehead atoms. The number of fused-ring (bicyclic) bond motifs is 1. The number of hydrogen-bond donors (Lipinski definition) is 3. The Morgan fingerprint density at radius 3 is 2.38 bits per heavy atom. The minimum atomic E-state index is -0.713. The van der Waals surface area contributed by atoms with Gasteiger partial charge in [0.15, 0.2) is 5.79 Å². The van der Waals surface area contributed by atoms with Crippen molar-refractivity contribution in [1.82, 2.24) is 10.6 Å². The van der Waals surface area contributed by atoms with Crippen molar-refractivity contribution in [1.29, 1.82) is 0 Å². The van der Waals surface area contributed by atoms with Crippen LogP contribution >= 0.6 is 22.6 Å². The van der Waals surface area contributed by atoms with Gasteiger partial charge in [0.1, 0.15) is 23.9 Å². The van der Waals surface area contributed by atoms with Gasteiger partial charge in [0, 0.05) is 45.9 Å². The second kappa shape index (κ2) is 15.1. The van der Waals surface area contributed by atoms with E-state index in [-0.39, 0.29) is 38.3 Å². The number of rotatable bonds is 13. The molecule has 0 spiro atoms. The zero-order valence-electron chi connectivity index (χ0n) is 28.6. The number of esters is 2. The molecule has 50 heavy (non-hydrogen) atoms. The van der Waals surface area contributed by atoms with Crippen LogP contribution in [0, 0.1) is 15.4 Å². The number of hydrogen-bond acceptors (Lipinski definition) is 9. The molecule has 2 aromatic rings. The molecule has 268 valence electrons. The molecule has 4 unspecified atom stereocenters. The number of carbonyl (C=O) groups is 4. The average molecular weight is 801 g/mol. The van der Waals surface area contributed by atoms with E-state index in [0.29, 0.717) is 34.1 Å². The van der Waals surface area contributed by atoms with E-state index in [0.717, 1.165) is 29.3 Å². The molecule has 3 aliphatic carbocycles. The number of benzene rings is 2. The van der Waals surface area contributed by atoms with Gasteiger partial charge < -0.3 is 34.7 Å². The van der Waals surface area contributed by atoms with Crippen LogP contribution in [0.1, 0.15) is 92.0 Å². The summed E-state index contributed by atoms with van der Waals surface area (Å²) in [5, 5.41) is 15.5. The van der Waals surface area contributed by atoms with Gasteiger partial charge in [-0.2, -0.15) is 0 Å². The van der Waals surface area contributed by atoms with Gasteiger partial charge in [0.2, 0.25) is 5.91 Å². The SMILES string of the molecule is CC(C)(C)OC(=O)CCC(CO)NC(=O)c1cccc(CNC(=O)C2=CC3OC(C4CC4)(C4CC4)OC3C(OC(=O)c3ccccc3I)C2)c1. The van der Waals surface area contributed by atoms with Gasteiger partial charge in [0.25, 0.3) is 5.91 Å². The van der Waals surface area contributed by atoms with Crippen LogP contribution in [0.4, 0.5) is 0 Å². The minimum absolute atomic E-state index is 0.0528. The van der Waals surface area contributed by atoms with Gasteiger partial charge >= 0.3 is 11.9 Å². The lowest BCUT2D eigenvalue weighted by atomic mass is 9.91. The van der Waals surface area contributed by atoms with Crippen LogP contribution in [0.15, 0.2) is 60.2 Å². The predicted octanol–water partition coefficient (Wildman–Crippen LogP) is 4.98. The van der Waals surface area contributed by atoms with Gasteiger partial charge in [-0.1, -0.05) is 24.3 Å². The second-order valence-corrected chi connectivity index (χ2v) is 15.8. The highest BCUT2D eigenvalue weighted by atomic mass is 127. The van der Waals surface area contributed by atoms with Crippen LogP contribution in [0.3, 0.4) is 0 Å². The summed E-state index contributed by atoms with van der Waals surface area (Å²) in [6, 6.07) is 13.4. The standard InChI is InChI=1S/C38H45IN2O9/c1-37(2,3)49-32(43)16-15-27(21-42)41-35(45)23-8-6-7-22(17-23)20-40-34(44)24-18-30(47-36(46)28-9-4-5-10-29(28)39)33-31(19-24)48-38(50-33,25-11-12-25)26-13-14-26/h4-10,17,19,25-27,30-31,33,42H,11-16,18,20-21H2,1-3H3,(H,40,44)(H,41,45). The molecule has 3 fully saturated rings. The summed E-state index contributed by atoms with van der Waals surface area (Å²) in [5.41, 5.74) is 1.33. The van der Waals surface area contributed by atoms with Gasteiger partial charge in [-0.15, -0.1) is 0 Å². The Hall–Kier alpha value is -3.33. The third kappa shape index (κ3) is 8.75. The number of aliphatic hydroxyl groups is 1. The Morgan fingerprint density at radius 2 is 1.72 bits per heavy atom. The molecule has 6 rings (SSSR count). The molecule has 2 amide bonds. The van der Waals surface area contributed by atoms with Crippen LogP contribution in [0.25, 0.3) is 0 Å². The highest BCUT2D eigenvalue weighted by molar-refractivity contribution is 14.1. The fourth-order valence-electron chi connectivity index (χ4n) is 6.68. The summed E-state index contributed by atoms with van der Waals surface area (Å²) >= 11 is 2.11. The quantitative estimate of drug-likeness (QED) is 0.189. The number of nitrogens with one attached hydrogen (secondary N) is 2. The molecule has 4 aliphatic rings. The first kappa shape index (κ1) is 36.5. The van der Waals surface area contributed by atoms with Crippen LogP contribution in [0.2, 0.25) is 0 Å². The summed E-state index contributed by atoms with van der Waals surface area (Å²) in [6.07, 6.45) is 4.64. The van der Waals surface area contributed by atoms with Gasteiger partial charge in [-0.25, -0.2) is 4.79 Å². The Labute approximate surface area is 306 Å². The van der Waals surface area contributed by atoms with E-state index in [9.17, 15) is 24.3 Å². The van der Waals surface area contributed by atoms with Crippen molar-refractivity contribution < 1.29 is 43.2 Å². The van der Waals surface area contributed by atoms with Crippen molar-refractivity contribution >= 4 is 46.3 Å². The first-order chi connectivity index (χ1) is 23.8. The fourth-order valence-corrected chi connectivity index (χ4v) is 7.29. The van der Waals surface area contributed by atoms with Gasteiger partial charge in [0.05, 0.1) is 18.2 Å². The Morgan fingerprint density at radius 1 is 1.00 bits per heavy atom. The lowest BCUT2D eigenvalue weighted by Crippen LogP contribution is -2.44. The van der Waals surface area contributed by atoms with Crippen molar-refractivity contribution in [3.63, 3.8) is 0 Å². The van der Waals surface area contributed by atoms with E-state index in [1.54, 1.807) is 57.2 Å². The molecule has 1 heterocycles. The van der Waals surface area contributed by atoms with Crippen molar-refractivity contribution in [3.8, 4) is 0 Å². The van der Waals surface area contributed by atoms with E-state index in [4.69, 9.17) is 18.9 Å². The van der Waals surface area contributed by atoms with Crippen molar-refractivity contribution in [2.24, 2.45) is 11.8 Å². The molecule has 2 saturated carbocycles. The predicted molar refractivity (Wildman–Crippen MR) is 191 cm³/mol. The number of halogens is 1. The van der Waals surface area contributed by atoms with E-state index < -0.39 is 53.6 Å². The summed E-state index contributed by atoms with van der Waals surface area (Å²) in [4.78, 5) is 52.1. The minimum Gasteiger partial charge on any atom is -0.460 e. The number of carbonyl (C=O) groups excluding carboxylic acids is 4. The van der Waals surface area contributed by atoms with E-state index in [1.165, 1.54) is 0 Å². The van der Waals surface area contributed by atoms with E-state index >= 15 is 0 Å². The van der Waals surface area contributed by atoms with Crippen LogP contribution in [0.5, 0.6) is 0 Å². The smallest absolute Gasteiger partial charge is 0.339 e. The largest absolute Gasteiger partial charge is 0.460 e. The monoisotopic (exact) mass is 800 g/mol. The third-order valence-corrected chi connectivity index (χ3v) is 10.3. The number of ether oxygens (including phenoxy) is 4. The average Bonchev–Trinajstić information content (AvgIpc) is 4.02. The highest BCUT2D eigenvalue weighted by Gasteiger charge is 2.64. The molecule has 0 aromatic heterocycles. The zero-order valence-corrected chi connectivity index (χ0v) is 30.8. The maximum absolute atomic E-state index is 13.6. The molecule has 1 saturated heterocycles. The molecule has 3 N–H and O–H groups in total. The fraction of sp³-hybridized carbons (Fsp3) is 0.526. The highest BCUT2D eigenvalue weighted by Crippen LogP contribution is 2.59. The summed E-state index contributed by atoms with van der Waals surface area (Å²) in [6.45, 7) is 5.15. The lowest BCUT2D eigenvalue weighted by molar-refractivity contribution is -0.209. The van der Waals surface area contributed by atoms with Crippen molar-refractivity contribution in [3.05, 3.63) is 80.4 Å². The molecular weight excluding hydrogens is 755 g/mol. The normalized spacial score (nSPS) is 23.2. The summed E-state index contributed by atoms with van der Waals surface area (Å²) < 4.78 is 25.5. The number of aliphatic hydroxyl groups excluding tert-OH is 1. The van der Waals surface area contributed by atoms with Crippen LogP contribution in [-0.2, 0) is 35.1 Å². The summed E-state index contributed by atoms with van der Waals surface area (Å²) in [5.74, 6) is -1.69. The zero-order chi connectivity index (χ0) is 35.6. The second-order valence-electron chi connectivity index (χ2n) is 14.6. The van der Waals surface area contributed by atoms with Crippen molar-refractivity contribution in [2.45, 2.75) is 108 Å². The Kier molecular flexibility index (Phi) is 11.0. The molecule has 2 aromatic carbocycles. The summed E-state index contributed by atoms with van der Waals surface area (Å²) in [7, 11) is 0.